The quantitative estimate of drug-likeness (QED) is 0.758. The van der Waals surface area contributed by atoms with E-state index in [4.69, 9.17) is 9.84 Å². The Morgan fingerprint density at radius 3 is 2.35 bits per heavy atom. The highest BCUT2D eigenvalue weighted by atomic mass is 19.1. The predicted octanol–water partition coefficient (Wildman–Crippen LogP) is 2.69. The largest absolute Gasteiger partial charge is 0.480 e. The van der Waals surface area contributed by atoms with Gasteiger partial charge >= 0.3 is 5.97 Å². The number of carboxylic acids is 1. The van der Waals surface area contributed by atoms with Crippen LogP contribution in [0.25, 0.3) is 0 Å². The van der Waals surface area contributed by atoms with Crippen LogP contribution in [0.3, 0.4) is 0 Å². The Kier molecular flexibility index (Phi) is 7.68. The van der Waals surface area contributed by atoms with Crippen molar-refractivity contribution in [1.82, 2.24) is 4.90 Å². The summed E-state index contributed by atoms with van der Waals surface area (Å²) in [6.07, 6.45) is 0.114. The highest BCUT2D eigenvalue weighted by Gasteiger charge is 2.23. The number of nitrogens with zero attached hydrogens (tertiary/aromatic N) is 1. The van der Waals surface area contributed by atoms with Crippen LogP contribution in [0.5, 0.6) is 0 Å². The molecule has 0 saturated heterocycles. The van der Waals surface area contributed by atoms with Crippen molar-refractivity contribution in [2.24, 2.45) is 5.92 Å². The fourth-order valence-corrected chi connectivity index (χ4v) is 1.99. The second-order valence-corrected chi connectivity index (χ2v) is 5.91. The molecule has 1 amide bonds. The molecule has 1 aromatic rings. The molecule has 0 aliphatic carbocycles. The third-order valence-electron chi connectivity index (χ3n) is 3.34. The van der Waals surface area contributed by atoms with E-state index >= 15 is 0 Å². The molecule has 128 valence electrons. The van der Waals surface area contributed by atoms with E-state index in [1.54, 1.807) is 6.92 Å². The maximum Gasteiger partial charge on any atom is 0.323 e. The van der Waals surface area contributed by atoms with Crippen LogP contribution in [0.1, 0.15) is 32.8 Å². The fourth-order valence-electron chi connectivity index (χ4n) is 1.99. The van der Waals surface area contributed by atoms with Crippen molar-refractivity contribution in [3.05, 3.63) is 35.6 Å². The first-order valence-corrected chi connectivity index (χ1v) is 7.66. The number of carbonyl (C=O) groups is 2. The number of rotatable bonds is 9. The van der Waals surface area contributed by atoms with Gasteiger partial charge in [0.15, 0.2) is 0 Å². The predicted molar refractivity (Wildman–Crippen MR) is 84.3 cm³/mol. The lowest BCUT2D eigenvalue weighted by molar-refractivity contribution is -0.150. The summed E-state index contributed by atoms with van der Waals surface area (Å²) in [5, 5.41) is 8.99. The van der Waals surface area contributed by atoms with E-state index in [0.717, 1.165) is 6.42 Å². The molecule has 23 heavy (non-hydrogen) atoms. The summed E-state index contributed by atoms with van der Waals surface area (Å²) in [4.78, 5) is 24.6. The van der Waals surface area contributed by atoms with E-state index in [1.807, 2.05) is 0 Å². The summed E-state index contributed by atoms with van der Waals surface area (Å²) in [7, 11) is 0. The van der Waals surface area contributed by atoms with Gasteiger partial charge in [-0.2, -0.15) is 0 Å². The second-order valence-electron chi connectivity index (χ2n) is 5.91. The Balaban J connectivity index is 2.69. The van der Waals surface area contributed by atoms with Crippen molar-refractivity contribution in [2.75, 3.05) is 13.2 Å². The van der Waals surface area contributed by atoms with Gasteiger partial charge in [-0.1, -0.05) is 26.0 Å². The van der Waals surface area contributed by atoms with Crippen molar-refractivity contribution in [1.29, 1.82) is 0 Å². The van der Waals surface area contributed by atoms with Gasteiger partial charge in [-0.3, -0.25) is 9.59 Å². The number of ether oxygens (including phenoxy) is 1. The molecular formula is C17H24FNO4. The molecule has 0 fully saturated rings. The normalized spacial score (nSPS) is 12.2. The molecule has 1 rings (SSSR count). The Morgan fingerprint density at radius 1 is 1.22 bits per heavy atom. The Labute approximate surface area is 136 Å². The molecule has 0 radical (unpaired) electrons. The minimum atomic E-state index is -1.10. The van der Waals surface area contributed by atoms with E-state index in [2.05, 4.69) is 13.8 Å². The van der Waals surface area contributed by atoms with E-state index in [-0.39, 0.29) is 18.3 Å². The number of carbonyl (C=O) groups excluding carboxylic acids is 1. The van der Waals surface area contributed by atoms with E-state index < -0.39 is 18.6 Å². The Hall–Kier alpha value is -1.95. The van der Waals surface area contributed by atoms with Crippen LogP contribution < -0.4 is 0 Å². The van der Waals surface area contributed by atoms with Crippen LogP contribution in [0.15, 0.2) is 24.3 Å². The van der Waals surface area contributed by atoms with Gasteiger partial charge in [-0.15, -0.1) is 0 Å². The third kappa shape index (κ3) is 7.23. The van der Waals surface area contributed by atoms with Gasteiger partial charge in [-0.05, 0) is 37.0 Å². The van der Waals surface area contributed by atoms with Gasteiger partial charge in [0.1, 0.15) is 18.5 Å². The SMILES string of the molecule is CC(C)CCOC(C)C(=O)N(CC(=O)O)Cc1ccc(F)cc1. The lowest BCUT2D eigenvalue weighted by Crippen LogP contribution is -2.41. The number of aliphatic carboxylic acids is 1. The van der Waals surface area contributed by atoms with Crippen LogP contribution >= 0.6 is 0 Å². The number of amides is 1. The number of benzene rings is 1. The molecule has 6 heteroatoms. The van der Waals surface area contributed by atoms with Gasteiger partial charge in [0.2, 0.25) is 0 Å². The average Bonchev–Trinajstić information content (AvgIpc) is 2.47. The summed E-state index contributed by atoms with van der Waals surface area (Å²) in [5.41, 5.74) is 0.662. The van der Waals surface area contributed by atoms with Crippen molar-refractivity contribution in [3.8, 4) is 0 Å². The summed E-state index contributed by atoms with van der Waals surface area (Å²) < 4.78 is 18.4. The fraction of sp³-hybridized carbons (Fsp3) is 0.529. The maximum absolute atomic E-state index is 12.9. The number of carboxylic acid groups (broad SMARTS) is 1. The van der Waals surface area contributed by atoms with Crippen LogP contribution in [-0.4, -0.2) is 41.1 Å². The smallest absolute Gasteiger partial charge is 0.323 e. The topological polar surface area (TPSA) is 66.8 Å². The molecule has 0 saturated carbocycles. The molecule has 5 nitrogen and oxygen atoms in total. The molecule has 1 atom stereocenters. The molecule has 0 aliphatic rings. The average molecular weight is 325 g/mol. The molecular weight excluding hydrogens is 301 g/mol. The van der Waals surface area contributed by atoms with Crippen molar-refractivity contribution in [3.63, 3.8) is 0 Å². The number of hydrogen-bond donors (Lipinski definition) is 1. The first-order chi connectivity index (χ1) is 10.8. The van der Waals surface area contributed by atoms with Crippen molar-refractivity contribution >= 4 is 11.9 Å². The van der Waals surface area contributed by atoms with Crippen molar-refractivity contribution in [2.45, 2.75) is 39.8 Å². The van der Waals surface area contributed by atoms with Crippen LogP contribution in [-0.2, 0) is 20.9 Å². The highest BCUT2D eigenvalue weighted by molar-refractivity contribution is 5.84. The molecule has 1 unspecified atom stereocenters. The zero-order valence-electron chi connectivity index (χ0n) is 13.8. The summed E-state index contributed by atoms with van der Waals surface area (Å²) in [5.74, 6) is -1.41. The lowest BCUT2D eigenvalue weighted by Gasteiger charge is -2.24. The van der Waals surface area contributed by atoms with Crippen LogP contribution in [0.4, 0.5) is 4.39 Å². The first-order valence-electron chi connectivity index (χ1n) is 7.66. The molecule has 1 N–H and O–H groups in total. The molecule has 0 aliphatic heterocycles. The summed E-state index contributed by atoms with van der Waals surface area (Å²) in [6.45, 7) is 5.85. The number of halogens is 1. The van der Waals surface area contributed by atoms with E-state index in [1.165, 1.54) is 29.2 Å². The first kappa shape index (κ1) is 19.1. The third-order valence-corrected chi connectivity index (χ3v) is 3.34. The maximum atomic E-state index is 12.9. The second kappa shape index (κ2) is 9.25. The minimum Gasteiger partial charge on any atom is -0.480 e. The van der Waals surface area contributed by atoms with Gasteiger partial charge in [0, 0.05) is 13.2 Å². The molecule has 0 aromatic heterocycles. The summed E-state index contributed by atoms with van der Waals surface area (Å²) >= 11 is 0. The molecule has 0 heterocycles. The standard InChI is InChI=1S/C17H24FNO4/c1-12(2)8-9-23-13(3)17(22)19(11-16(20)21)10-14-4-6-15(18)7-5-14/h4-7,12-13H,8-11H2,1-3H3,(H,20,21). The Morgan fingerprint density at radius 2 is 1.83 bits per heavy atom. The monoisotopic (exact) mass is 325 g/mol. The molecule has 0 bridgehead atoms. The highest BCUT2D eigenvalue weighted by Crippen LogP contribution is 2.10. The zero-order valence-corrected chi connectivity index (χ0v) is 13.8. The summed E-state index contributed by atoms with van der Waals surface area (Å²) in [6, 6.07) is 5.62. The minimum absolute atomic E-state index is 0.100. The van der Waals surface area contributed by atoms with Crippen molar-refractivity contribution < 1.29 is 23.8 Å². The van der Waals surface area contributed by atoms with Crippen LogP contribution in [0, 0.1) is 11.7 Å². The van der Waals surface area contributed by atoms with E-state index in [0.29, 0.717) is 18.1 Å². The van der Waals surface area contributed by atoms with Gasteiger partial charge in [-0.25, -0.2) is 4.39 Å². The number of hydrogen-bond acceptors (Lipinski definition) is 3. The van der Waals surface area contributed by atoms with Gasteiger partial charge < -0.3 is 14.7 Å². The molecule has 0 spiro atoms. The molecule has 1 aromatic carbocycles. The van der Waals surface area contributed by atoms with Gasteiger partial charge in [0.05, 0.1) is 0 Å². The Bertz CT molecular complexity index is 516. The lowest BCUT2D eigenvalue weighted by atomic mass is 10.1. The van der Waals surface area contributed by atoms with E-state index in [9.17, 15) is 14.0 Å². The van der Waals surface area contributed by atoms with Gasteiger partial charge in [0.25, 0.3) is 5.91 Å². The van der Waals surface area contributed by atoms with Crippen LogP contribution in [0.2, 0.25) is 0 Å². The zero-order chi connectivity index (χ0) is 17.4.